The number of hydrogen-bond acceptors (Lipinski definition) is 3. The Morgan fingerprint density at radius 1 is 0.893 bits per heavy atom. The van der Waals surface area contributed by atoms with Gasteiger partial charge in [-0.25, -0.2) is 4.79 Å². The quantitative estimate of drug-likeness (QED) is 0.605. The maximum absolute atomic E-state index is 12.1. The number of amides is 3. The number of ether oxygens (including phenoxy) is 1. The van der Waals surface area contributed by atoms with Crippen LogP contribution in [0.3, 0.4) is 0 Å². The van der Waals surface area contributed by atoms with Crippen molar-refractivity contribution >= 4 is 29.2 Å². The highest BCUT2D eigenvalue weighted by atomic mass is 35.5. The van der Waals surface area contributed by atoms with E-state index < -0.39 is 11.9 Å². The van der Waals surface area contributed by atoms with Crippen molar-refractivity contribution in [3.63, 3.8) is 0 Å². The van der Waals surface area contributed by atoms with Crippen LogP contribution in [0.25, 0.3) is 0 Å². The van der Waals surface area contributed by atoms with E-state index in [-0.39, 0.29) is 16.7 Å². The van der Waals surface area contributed by atoms with Gasteiger partial charge in [0, 0.05) is 5.69 Å². The molecule has 6 heteroatoms. The Bertz CT molecular complexity index is 959. The Morgan fingerprint density at radius 3 is 2.21 bits per heavy atom. The Kier molecular flexibility index (Phi) is 6.29. The van der Waals surface area contributed by atoms with Crippen LogP contribution in [0.1, 0.15) is 28.9 Å². The molecular weight excluding hydrogens is 376 g/mol. The molecule has 0 aliphatic heterocycles. The Balaban J connectivity index is 1.57. The minimum Gasteiger partial charge on any atom is -0.486 e. The molecule has 0 aliphatic carbocycles. The highest BCUT2D eigenvalue weighted by molar-refractivity contribution is 6.34. The van der Waals surface area contributed by atoms with E-state index in [4.69, 9.17) is 16.3 Å². The molecular formula is C22H19ClN2O3. The number of carbonyl (C=O) groups excluding carboxylic acids is 2. The fourth-order valence-electron chi connectivity index (χ4n) is 2.59. The van der Waals surface area contributed by atoms with E-state index in [0.29, 0.717) is 5.69 Å². The molecule has 3 amide bonds. The zero-order valence-electron chi connectivity index (χ0n) is 15.2. The molecule has 1 atom stereocenters. The summed E-state index contributed by atoms with van der Waals surface area (Å²) in [6.07, 6.45) is -0.146. The highest BCUT2D eigenvalue weighted by Crippen LogP contribution is 2.22. The SMILES string of the molecule is CC(Oc1ccccc1)c1ccc(NC(=O)NC(=O)c2ccccc2Cl)cc1. The summed E-state index contributed by atoms with van der Waals surface area (Å²) in [5, 5.41) is 5.16. The van der Waals surface area contributed by atoms with Crippen LogP contribution < -0.4 is 15.4 Å². The standard InChI is InChI=1S/C22H19ClN2O3/c1-15(28-18-7-3-2-4-8-18)16-11-13-17(14-12-16)24-22(27)25-21(26)19-9-5-6-10-20(19)23/h2-15H,1H3,(H2,24,25,26,27). The first-order valence-electron chi connectivity index (χ1n) is 8.71. The molecule has 0 aromatic heterocycles. The van der Waals surface area contributed by atoms with Gasteiger partial charge < -0.3 is 10.1 Å². The van der Waals surface area contributed by atoms with E-state index in [0.717, 1.165) is 11.3 Å². The zero-order chi connectivity index (χ0) is 19.9. The second kappa shape index (κ2) is 9.06. The Labute approximate surface area is 168 Å². The third-order valence-corrected chi connectivity index (χ3v) is 4.37. The number of halogens is 1. The van der Waals surface area contributed by atoms with Gasteiger partial charge >= 0.3 is 6.03 Å². The van der Waals surface area contributed by atoms with Crippen LogP contribution in [0.2, 0.25) is 5.02 Å². The predicted octanol–water partition coefficient (Wildman–Crippen LogP) is 5.44. The van der Waals surface area contributed by atoms with Crippen molar-refractivity contribution in [2.24, 2.45) is 0 Å². The fraction of sp³-hybridized carbons (Fsp3) is 0.0909. The maximum Gasteiger partial charge on any atom is 0.326 e. The molecule has 0 heterocycles. The topological polar surface area (TPSA) is 67.4 Å². The van der Waals surface area contributed by atoms with E-state index in [2.05, 4.69) is 10.6 Å². The molecule has 0 bridgehead atoms. The number of anilines is 1. The summed E-state index contributed by atoms with van der Waals surface area (Å²) < 4.78 is 5.88. The van der Waals surface area contributed by atoms with E-state index in [1.807, 2.05) is 49.4 Å². The van der Waals surface area contributed by atoms with Gasteiger partial charge in [-0.3, -0.25) is 10.1 Å². The molecule has 0 fully saturated rings. The number of nitrogens with one attached hydrogen (secondary N) is 2. The zero-order valence-corrected chi connectivity index (χ0v) is 15.9. The molecule has 28 heavy (non-hydrogen) atoms. The summed E-state index contributed by atoms with van der Waals surface area (Å²) in [6, 6.07) is 22.7. The molecule has 0 saturated heterocycles. The van der Waals surface area contributed by atoms with Crippen LogP contribution in [-0.4, -0.2) is 11.9 Å². The molecule has 5 nitrogen and oxygen atoms in total. The van der Waals surface area contributed by atoms with Gasteiger partial charge in [-0.05, 0) is 48.9 Å². The summed E-state index contributed by atoms with van der Waals surface area (Å²) in [7, 11) is 0. The van der Waals surface area contributed by atoms with Crippen molar-refractivity contribution in [1.29, 1.82) is 0 Å². The number of para-hydroxylation sites is 1. The van der Waals surface area contributed by atoms with Gasteiger partial charge in [0.05, 0.1) is 10.6 Å². The second-order valence-electron chi connectivity index (χ2n) is 6.08. The largest absolute Gasteiger partial charge is 0.486 e. The van der Waals surface area contributed by atoms with Gasteiger partial charge in [-0.15, -0.1) is 0 Å². The summed E-state index contributed by atoms with van der Waals surface area (Å²) in [5.41, 5.74) is 1.75. The first-order chi connectivity index (χ1) is 13.5. The molecule has 142 valence electrons. The number of urea groups is 1. The van der Waals surface area contributed by atoms with Crippen molar-refractivity contribution in [3.8, 4) is 5.75 Å². The lowest BCUT2D eigenvalue weighted by Gasteiger charge is -2.15. The maximum atomic E-state index is 12.1. The predicted molar refractivity (Wildman–Crippen MR) is 110 cm³/mol. The average Bonchev–Trinajstić information content (AvgIpc) is 2.69. The van der Waals surface area contributed by atoms with Gasteiger partial charge in [-0.1, -0.05) is 54.1 Å². The third kappa shape index (κ3) is 5.11. The van der Waals surface area contributed by atoms with Crippen LogP contribution >= 0.6 is 11.6 Å². The lowest BCUT2D eigenvalue weighted by molar-refractivity contribution is 0.0967. The normalized spacial score (nSPS) is 11.4. The number of hydrogen-bond donors (Lipinski definition) is 2. The summed E-state index contributed by atoms with van der Waals surface area (Å²) in [6.45, 7) is 1.95. The van der Waals surface area contributed by atoms with Crippen molar-refractivity contribution < 1.29 is 14.3 Å². The van der Waals surface area contributed by atoms with Crippen molar-refractivity contribution in [2.75, 3.05) is 5.32 Å². The molecule has 2 N–H and O–H groups in total. The monoisotopic (exact) mass is 394 g/mol. The van der Waals surface area contributed by atoms with Crippen molar-refractivity contribution in [3.05, 3.63) is 95.0 Å². The van der Waals surface area contributed by atoms with E-state index in [1.165, 1.54) is 0 Å². The number of rotatable bonds is 5. The molecule has 0 spiro atoms. The molecule has 0 radical (unpaired) electrons. The van der Waals surface area contributed by atoms with Gasteiger partial charge in [-0.2, -0.15) is 0 Å². The van der Waals surface area contributed by atoms with Gasteiger partial charge in [0.1, 0.15) is 11.9 Å². The highest BCUT2D eigenvalue weighted by Gasteiger charge is 2.13. The van der Waals surface area contributed by atoms with E-state index >= 15 is 0 Å². The summed E-state index contributed by atoms with van der Waals surface area (Å²) >= 11 is 5.96. The van der Waals surface area contributed by atoms with Gasteiger partial charge in [0.2, 0.25) is 0 Å². The minimum atomic E-state index is -0.633. The third-order valence-electron chi connectivity index (χ3n) is 4.04. The van der Waals surface area contributed by atoms with Crippen LogP contribution in [-0.2, 0) is 0 Å². The second-order valence-corrected chi connectivity index (χ2v) is 6.49. The lowest BCUT2D eigenvalue weighted by Crippen LogP contribution is -2.34. The number of carbonyl (C=O) groups is 2. The van der Waals surface area contributed by atoms with Gasteiger partial charge in [0.25, 0.3) is 5.91 Å². The smallest absolute Gasteiger partial charge is 0.326 e. The lowest BCUT2D eigenvalue weighted by atomic mass is 10.1. The first kappa shape index (κ1) is 19.5. The molecule has 3 aromatic carbocycles. The van der Waals surface area contributed by atoms with Crippen LogP contribution in [0.5, 0.6) is 5.75 Å². The van der Waals surface area contributed by atoms with Crippen LogP contribution in [0.4, 0.5) is 10.5 Å². The minimum absolute atomic E-state index is 0.146. The fourth-order valence-corrected chi connectivity index (χ4v) is 2.81. The first-order valence-corrected chi connectivity index (χ1v) is 9.09. The molecule has 1 unspecified atom stereocenters. The van der Waals surface area contributed by atoms with Crippen molar-refractivity contribution in [2.45, 2.75) is 13.0 Å². The van der Waals surface area contributed by atoms with E-state index in [1.54, 1.807) is 36.4 Å². The number of benzene rings is 3. The molecule has 0 saturated carbocycles. The average molecular weight is 395 g/mol. The van der Waals surface area contributed by atoms with Crippen molar-refractivity contribution in [1.82, 2.24) is 5.32 Å². The van der Waals surface area contributed by atoms with Gasteiger partial charge in [0.15, 0.2) is 0 Å². The Morgan fingerprint density at radius 2 is 1.54 bits per heavy atom. The van der Waals surface area contributed by atoms with E-state index in [9.17, 15) is 9.59 Å². The molecule has 3 rings (SSSR count). The van der Waals surface area contributed by atoms with Crippen LogP contribution in [0.15, 0.2) is 78.9 Å². The molecule has 3 aromatic rings. The summed E-state index contributed by atoms with van der Waals surface area (Å²) in [5.74, 6) is 0.222. The molecule has 0 aliphatic rings. The van der Waals surface area contributed by atoms with Crippen LogP contribution in [0, 0.1) is 0 Å². The Hall–Kier alpha value is -3.31. The number of imide groups is 1. The summed E-state index contributed by atoms with van der Waals surface area (Å²) in [4.78, 5) is 24.2.